The minimum absolute atomic E-state index is 1.75. The van der Waals surface area contributed by atoms with Crippen molar-refractivity contribution in [3.63, 3.8) is 0 Å². The van der Waals surface area contributed by atoms with Crippen LogP contribution in [0.3, 0.4) is 0 Å². The Hall–Kier alpha value is -0.740. The Morgan fingerprint density at radius 1 is 0.846 bits per heavy atom. The summed E-state index contributed by atoms with van der Waals surface area (Å²) in [6.07, 6.45) is 3.51. The van der Waals surface area contributed by atoms with E-state index in [4.69, 9.17) is 0 Å². The first kappa shape index (κ1) is 29.5. The van der Waals surface area contributed by atoms with Crippen LogP contribution in [-0.4, -0.2) is 0 Å². The fourth-order valence-electron chi connectivity index (χ4n) is 0. The van der Waals surface area contributed by atoms with E-state index in [0.717, 1.165) is 0 Å². The van der Waals surface area contributed by atoms with Crippen molar-refractivity contribution >= 4 is 0 Å². The van der Waals surface area contributed by atoms with Gasteiger partial charge in [-0.05, 0) is 19.9 Å². The SMILES string of the molecule is C=C=CC.C=CC.CC.CC.CC. The first-order valence-corrected chi connectivity index (χ1v) is 5.21. The molecule has 0 heterocycles. The molecule has 82 valence electrons. The van der Waals surface area contributed by atoms with Crippen LogP contribution < -0.4 is 0 Å². The molecule has 0 aromatic heterocycles. The molecule has 0 heteroatoms. The molecule has 0 saturated heterocycles. The fourth-order valence-corrected chi connectivity index (χ4v) is 0. The molecule has 0 spiro atoms. The molecule has 0 aliphatic heterocycles. The highest BCUT2D eigenvalue weighted by molar-refractivity contribution is 4.67. The van der Waals surface area contributed by atoms with Gasteiger partial charge in [0.05, 0.1) is 0 Å². The van der Waals surface area contributed by atoms with E-state index in [1.807, 2.05) is 55.4 Å². The zero-order valence-corrected chi connectivity index (χ0v) is 11.1. The van der Waals surface area contributed by atoms with Gasteiger partial charge in [-0.1, -0.05) is 54.2 Å². The number of allylic oxidation sites excluding steroid dienone is 2. The van der Waals surface area contributed by atoms with E-state index >= 15 is 0 Å². The standard InChI is InChI=1S/C4H6.C3H6.3C2H6/c1-3-4-2;1-3-2;3*1-2/h4H,1H2,2H3;3H,1H2,2H3;3*1-2H3. The molecule has 13 heavy (non-hydrogen) atoms. The molecule has 0 aliphatic carbocycles. The minimum Gasteiger partial charge on any atom is -0.133 e. The maximum absolute atomic E-state index is 3.36. The Morgan fingerprint density at radius 2 is 0.923 bits per heavy atom. The monoisotopic (exact) mass is 186 g/mol. The summed E-state index contributed by atoms with van der Waals surface area (Å²) >= 11 is 0. The maximum Gasteiger partial charge on any atom is -0.0393 e. The average molecular weight is 186 g/mol. The average Bonchev–Trinajstić information content (AvgIpc) is 2.27. The van der Waals surface area contributed by atoms with Crippen molar-refractivity contribution < 1.29 is 0 Å². The fraction of sp³-hybridized carbons (Fsp3) is 0.615. The lowest BCUT2D eigenvalue weighted by atomic mass is 10.7. The van der Waals surface area contributed by atoms with Crippen molar-refractivity contribution in [3.8, 4) is 0 Å². The Bertz CT molecular complexity index is 64.1. The molecule has 0 fully saturated rings. The first-order valence-electron chi connectivity index (χ1n) is 5.21. The third kappa shape index (κ3) is 14300. The molecule has 0 radical (unpaired) electrons. The summed E-state index contributed by atoms with van der Waals surface area (Å²) in [6.45, 7) is 22.4. The van der Waals surface area contributed by atoms with Gasteiger partial charge in [0.25, 0.3) is 0 Å². The Kier molecular flexibility index (Phi) is 526. The Morgan fingerprint density at radius 3 is 0.923 bits per heavy atom. The van der Waals surface area contributed by atoms with Crippen LogP contribution in [0.1, 0.15) is 55.4 Å². The van der Waals surface area contributed by atoms with Crippen LogP contribution >= 0.6 is 0 Å². The molecule has 0 rings (SSSR count). The zero-order valence-electron chi connectivity index (χ0n) is 11.1. The summed E-state index contributed by atoms with van der Waals surface area (Å²) in [5, 5.41) is 0. The predicted molar refractivity (Wildman–Crippen MR) is 69.3 cm³/mol. The summed E-state index contributed by atoms with van der Waals surface area (Å²) in [4.78, 5) is 0. The number of hydrogen-bond donors (Lipinski definition) is 0. The molecule has 0 bridgehead atoms. The van der Waals surface area contributed by atoms with E-state index in [1.165, 1.54) is 0 Å². The van der Waals surface area contributed by atoms with Crippen LogP contribution in [0, 0.1) is 0 Å². The van der Waals surface area contributed by atoms with Crippen molar-refractivity contribution in [2.45, 2.75) is 55.4 Å². The molecule has 0 aliphatic rings. The Balaban J connectivity index is -0.0000000215. The molecule has 0 nitrogen and oxygen atoms in total. The third-order valence-corrected chi connectivity index (χ3v) is 0.204. The van der Waals surface area contributed by atoms with Crippen molar-refractivity contribution in [1.29, 1.82) is 0 Å². The summed E-state index contributed by atoms with van der Waals surface area (Å²) < 4.78 is 0. The van der Waals surface area contributed by atoms with Gasteiger partial charge in [0, 0.05) is 0 Å². The highest BCUT2D eigenvalue weighted by Crippen LogP contribution is 1.46. The first-order chi connectivity index (χ1) is 6.33. The molecule has 0 aromatic rings. The summed E-state index contributed by atoms with van der Waals surface area (Å²) in [5.41, 5.74) is 2.56. The van der Waals surface area contributed by atoms with Crippen molar-refractivity contribution in [2.75, 3.05) is 0 Å². The van der Waals surface area contributed by atoms with Crippen molar-refractivity contribution in [1.82, 2.24) is 0 Å². The van der Waals surface area contributed by atoms with Gasteiger partial charge in [-0.15, -0.1) is 12.3 Å². The second-order valence-electron chi connectivity index (χ2n) is 0.901. The van der Waals surface area contributed by atoms with Gasteiger partial charge in [-0.25, -0.2) is 0 Å². The lowest BCUT2D eigenvalue weighted by molar-refractivity contribution is 1.50. The summed E-state index contributed by atoms with van der Waals surface area (Å²) in [6, 6.07) is 0. The lowest BCUT2D eigenvalue weighted by Crippen LogP contribution is -1.15. The van der Waals surface area contributed by atoms with E-state index in [0.29, 0.717) is 0 Å². The molecule has 0 unspecified atom stereocenters. The van der Waals surface area contributed by atoms with Crippen LogP contribution in [-0.2, 0) is 0 Å². The van der Waals surface area contributed by atoms with E-state index < -0.39 is 0 Å². The van der Waals surface area contributed by atoms with Gasteiger partial charge in [-0.3, -0.25) is 0 Å². The normalized spacial score (nSPS) is 3.69. The Labute approximate surface area is 87.1 Å². The van der Waals surface area contributed by atoms with E-state index in [1.54, 1.807) is 12.2 Å². The van der Waals surface area contributed by atoms with Gasteiger partial charge in [0.1, 0.15) is 0 Å². The van der Waals surface area contributed by atoms with E-state index in [9.17, 15) is 0 Å². The molecular formula is C13H30. The highest BCUT2D eigenvalue weighted by Gasteiger charge is 1.24. The van der Waals surface area contributed by atoms with Crippen molar-refractivity contribution in [2.24, 2.45) is 0 Å². The molecule has 0 aromatic carbocycles. The molecule has 0 N–H and O–H groups in total. The van der Waals surface area contributed by atoms with E-state index in [-0.39, 0.29) is 0 Å². The molecular weight excluding hydrogens is 156 g/mol. The molecule has 0 amide bonds. The van der Waals surface area contributed by atoms with Crippen LogP contribution in [0.5, 0.6) is 0 Å². The topological polar surface area (TPSA) is 0 Å². The van der Waals surface area contributed by atoms with Gasteiger partial charge in [-0.2, -0.15) is 0 Å². The molecule has 0 atom stereocenters. The summed E-state index contributed by atoms with van der Waals surface area (Å²) in [7, 11) is 0. The second kappa shape index (κ2) is 232. The highest BCUT2D eigenvalue weighted by atomic mass is 13.3. The van der Waals surface area contributed by atoms with Crippen LogP contribution in [0.4, 0.5) is 0 Å². The van der Waals surface area contributed by atoms with Crippen LogP contribution in [0.2, 0.25) is 0 Å². The van der Waals surface area contributed by atoms with Crippen LogP contribution in [0.15, 0.2) is 31.0 Å². The third-order valence-electron chi connectivity index (χ3n) is 0.204. The maximum atomic E-state index is 3.36. The van der Waals surface area contributed by atoms with Gasteiger partial charge in [0.2, 0.25) is 0 Å². The van der Waals surface area contributed by atoms with Crippen LogP contribution in [0.25, 0.3) is 0 Å². The van der Waals surface area contributed by atoms with E-state index in [2.05, 4.69) is 18.9 Å². The zero-order chi connectivity index (χ0) is 12.1. The van der Waals surface area contributed by atoms with Gasteiger partial charge in [0.15, 0.2) is 0 Å². The van der Waals surface area contributed by atoms with Gasteiger partial charge < -0.3 is 0 Å². The quantitative estimate of drug-likeness (QED) is 0.340. The second-order valence-corrected chi connectivity index (χ2v) is 0.901. The predicted octanol–water partition coefficient (Wildman–Crippen LogP) is 5.62. The molecule has 0 saturated carbocycles. The number of hydrogen-bond acceptors (Lipinski definition) is 0. The van der Waals surface area contributed by atoms with Gasteiger partial charge >= 0.3 is 0 Å². The van der Waals surface area contributed by atoms with Crippen molar-refractivity contribution in [3.05, 3.63) is 31.0 Å². The lowest BCUT2D eigenvalue weighted by Gasteiger charge is -1.37. The summed E-state index contributed by atoms with van der Waals surface area (Å²) in [5.74, 6) is 0. The largest absolute Gasteiger partial charge is 0.133 e. The number of rotatable bonds is 0. The smallest absolute Gasteiger partial charge is 0.0393 e. The minimum atomic E-state index is 1.75.